The molecule has 0 aliphatic heterocycles. The molecule has 0 bridgehead atoms. The van der Waals surface area contributed by atoms with E-state index in [1.165, 1.54) is 88.3 Å². The molecule has 0 amide bonds. The van der Waals surface area contributed by atoms with Crippen molar-refractivity contribution < 1.29 is 20.8 Å². The third kappa shape index (κ3) is 15.4. The van der Waals surface area contributed by atoms with Gasteiger partial charge in [-0.25, -0.2) is 0 Å². The Hall–Kier alpha value is -2.22. The standard InChI is InChI=1S/2C31H43.C2H6Si.2ClH.Zr/c2*1-28(2,3)22-16-21(17-23(18-22)29(4,5)6)27-25-19-24(30(7,8)9)15-20(25)13-14-26(27)31(10,11)12;1-3-2;;;/h2*13-19H,1-12H3;1-2H3;2*1H;/q2*-1;;;;+4/p-2. The van der Waals surface area contributed by atoms with Crippen molar-refractivity contribution in [3.63, 3.8) is 0 Å². The summed E-state index contributed by atoms with van der Waals surface area (Å²) >= 11 is -0.826. The Morgan fingerprint density at radius 2 is 0.588 bits per heavy atom. The average Bonchev–Trinajstić information content (AvgIpc) is 3.82. The second kappa shape index (κ2) is 21.9. The zero-order valence-corrected chi connectivity index (χ0v) is 52.8. The van der Waals surface area contributed by atoms with Gasteiger partial charge in [0, 0.05) is 9.52 Å². The predicted molar refractivity (Wildman–Crippen MR) is 309 cm³/mol. The second-order valence-corrected chi connectivity index (χ2v) is 32.4. The molecule has 0 unspecified atom stereocenters. The first-order valence-corrected chi connectivity index (χ1v) is 33.3. The predicted octanol–water partition coefficient (Wildman–Crippen LogP) is 21.0. The fourth-order valence-corrected chi connectivity index (χ4v) is 8.58. The van der Waals surface area contributed by atoms with Crippen molar-refractivity contribution in [2.45, 2.75) is 223 Å². The van der Waals surface area contributed by atoms with Gasteiger partial charge in [-0.1, -0.05) is 238 Å². The van der Waals surface area contributed by atoms with Crippen LogP contribution in [0.25, 0.3) is 43.8 Å². The first-order valence-electron chi connectivity index (χ1n) is 25.0. The molecule has 2 radical (unpaired) electrons. The molecule has 4 heteroatoms. The van der Waals surface area contributed by atoms with Crippen LogP contribution in [0.1, 0.15) is 211 Å². The molecule has 0 spiro atoms. The zero-order valence-electron chi connectivity index (χ0n) is 47.8. The molecule has 0 aromatic heterocycles. The first kappa shape index (κ1) is 60.1. The van der Waals surface area contributed by atoms with Crippen molar-refractivity contribution in [3.8, 4) is 22.3 Å². The van der Waals surface area contributed by atoms with Crippen LogP contribution in [0.5, 0.6) is 0 Å². The SMILES string of the molecule is CC(C)(C)c1cc(-c2c(C(C)(C)C)ccc3[cH-]c(C(C)(C)C)cc23)cc(C(C)(C)C)c1.CC(C)(C)c1cc(-c2c(C(C)(C)C)ccc3[cH-]c(C(C)(C)C)cc23)cc(C(C)(C)C)c1.C[Si]C.[Cl][Zr+2][Cl]. The number of hydrogen-bond acceptors (Lipinski definition) is 0. The number of hydrogen-bond donors (Lipinski definition) is 0. The summed E-state index contributed by atoms with van der Waals surface area (Å²) in [4.78, 5) is 0. The van der Waals surface area contributed by atoms with E-state index in [0.717, 1.165) is 9.52 Å². The first-order chi connectivity index (χ1) is 30.6. The molecule has 6 aromatic carbocycles. The van der Waals surface area contributed by atoms with Crippen molar-refractivity contribution >= 4 is 48.1 Å². The normalized spacial score (nSPS) is 13.0. The van der Waals surface area contributed by atoms with Crippen LogP contribution in [-0.4, -0.2) is 9.52 Å². The molecule has 0 fully saturated rings. The summed E-state index contributed by atoms with van der Waals surface area (Å²) in [6, 6.07) is 33.7. The number of halogens is 2. The third-order valence-electron chi connectivity index (χ3n) is 13.0. The Kier molecular flexibility index (Phi) is 19.3. The van der Waals surface area contributed by atoms with Gasteiger partial charge in [0.15, 0.2) is 0 Å². The fourth-order valence-electron chi connectivity index (χ4n) is 8.58. The van der Waals surface area contributed by atoms with Crippen LogP contribution in [-0.2, 0) is 64.2 Å². The molecular weight excluding hydrogens is 959 g/mol. The van der Waals surface area contributed by atoms with Gasteiger partial charge in [-0.15, -0.1) is 69.1 Å². The van der Waals surface area contributed by atoms with Crippen molar-refractivity contribution in [1.29, 1.82) is 0 Å². The van der Waals surface area contributed by atoms with Crippen LogP contribution in [0, 0.1) is 0 Å². The van der Waals surface area contributed by atoms with Crippen LogP contribution < -0.4 is 0 Å². The van der Waals surface area contributed by atoms with Gasteiger partial charge in [0.2, 0.25) is 0 Å². The van der Waals surface area contributed by atoms with Gasteiger partial charge in [-0.05, 0) is 76.7 Å². The third-order valence-corrected chi connectivity index (χ3v) is 13.0. The Morgan fingerprint density at radius 3 is 0.779 bits per heavy atom. The molecule has 6 rings (SSSR count). The fraction of sp³-hybridized carbons (Fsp3) is 0.531. The monoisotopic (exact) mass is 1050 g/mol. The van der Waals surface area contributed by atoms with E-state index in [0.29, 0.717) is 0 Å². The van der Waals surface area contributed by atoms with E-state index in [4.69, 9.17) is 17.0 Å². The zero-order chi connectivity index (χ0) is 52.6. The number of fused-ring (bicyclic) bond motifs is 2. The molecule has 6 aromatic rings. The quantitative estimate of drug-likeness (QED) is 0.120. The van der Waals surface area contributed by atoms with E-state index in [-0.39, 0.29) is 43.3 Å². The van der Waals surface area contributed by atoms with Gasteiger partial charge in [0.05, 0.1) is 0 Å². The molecule has 68 heavy (non-hydrogen) atoms. The maximum atomic E-state index is 4.93. The molecule has 370 valence electrons. The summed E-state index contributed by atoms with van der Waals surface area (Å²) in [5.74, 6) is 0. The summed E-state index contributed by atoms with van der Waals surface area (Å²) in [7, 11) is 11.0. The molecule has 0 heterocycles. The van der Waals surface area contributed by atoms with Gasteiger partial charge < -0.3 is 0 Å². The summed E-state index contributed by atoms with van der Waals surface area (Å²) in [6.07, 6.45) is 0. The number of rotatable bonds is 2. The Labute approximate surface area is 439 Å². The minimum atomic E-state index is -0.826. The topological polar surface area (TPSA) is 0 Å². The van der Waals surface area contributed by atoms with E-state index in [1.807, 2.05) is 0 Å². The van der Waals surface area contributed by atoms with Crippen LogP contribution in [0.2, 0.25) is 13.1 Å². The van der Waals surface area contributed by atoms with E-state index in [2.05, 4.69) is 264 Å². The molecule has 0 nitrogen and oxygen atoms in total. The molecule has 0 aliphatic carbocycles. The van der Waals surface area contributed by atoms with E-state index < -0.39 is 20.8 Å². The summed E-state index contributed by atoms with van der Waals surface area (Å²) in [5, 5.41) is 5.49. The molecular formula is C64H92Cl2SiZr. The van der Waals surface area contributed by atoms with Gasteiger partial charge in [-0.3, -0.25) is 0 Å². The van der Waals surface area contributed by atoms with E-state index in [9.17, 15) is 0 Å². The molecule has 0 N–H and O–H groups in total. The molecule has 0 saturated heterocycles. The van der Waals surface area contributed by atoms with Crippen LogP contribution in [0.15, 0.2) is 84.9 Å². The molecule has 0 atom stereocenters. The van der Waals surface area contributed by atoms with Crippen LogP contribution in [0.4, 0.5) is 0 Å². The summed E-state index contributed by atoms with van der Waals surface area (Å²) < 4.78 is 0. The molecule has 0 aliphatic rings. The van der Waals surface area contributed by atoms with Crippen molar-refractivity contribution in [3.05, 3.63) is 129 Å². The average molecular weight is 1050 g/mol. The minimum absolute atomic E-state index is 0.0717. The summed E-state index contributed by atoms with van der Waals surface area (Å²) in [5.41, 5.74) is 17.7. The van der Waals surface area contributed by atoms with Gasteiger partial charge in [0.25, 0.3) is 0 Å². The van der Waals surface area contributed by atoms with Crippen molar-refractivity contribution in [1.82, 2.24) is 0 Å². The second-order valence-electron chi connectivity index (χ2n) is 27.6. The van der Waals surface area contributed by atoms with Gasteiger partial charge in [0.1, 0.15) is 0 Å². The van der Waals surface area contributed by atoms with E-state index in [1.54, 1.807) is 0 Å². The van der Waals surface area contributed by atoms with Crippen LogP contribution >= 0.6 is 17.0 Å². The Morgan fingerprint density at radius 1 is 0.353 bits per heavy atom. The Balaban J connectivity index is 0.000000323. The van der Waals surface area contributed by atoms with Gasteiger partial charge >= 0.3 is 37.9 Å². The van der Waals surface area contributed by atoms with Crippen molar-refractivity contribution in [2.75, 3.05) is 0 Å². The van der Waals surface area contributed by atoms with E-state index >= 15 is 0 Å². The summed E-state index contributed by atoms with van der Waals surface area (Å²) in [6.45, 7) is 60.1. The number of benzene rings is 4. The van der Waals surface area contributed by atoms with Crippen molar-refractivity contribution in [2.24, 2.45) is 0 Å². The molecule has 0 saturated carbocycles. The Bertz CT molecular complexity index is 2360. The van der Waals surface area contributed by atoms with Crippen LogP contribution in [0.3, 0.4) is 0 Å². The maximum absolute atomic E-state index is 4.93. The van der Waals surface area contributed by atoms with Gasteiger partial charge in [-0.2, -0.15) is 12.1 Å².